The highest BCUT2D eigenvalue weighted by Gasteiger charge is 2.14. The molecule has 5 nitrogen and oxygen atoms in total. The van der Waals surface area contributed by atoms with Gasteiger partial charge in [-0.15, -0.1) is 0 Å². The Hall–Kier alpha value is -2.70. The lowest BCUT2D eigenvalue weighted by Crippen LogP contribution is -2.31. The first kappa shape index (κ1) is 18.6. The van der Waals surface area contributed by atoms with Crippen molar-refractivity contribution in [1.29, 1.82) is 10.5 Å². The van der Waals surface area contributed by atoms with Gasteiger partial charge in [0.25, 0.3) is 0 Å². The number of aliphatic hydroxyl groups excluding tert-OH is 1. The molecule has 0 heterocycles. The van der Waals surface area contributed by atoms with Gasteiger partial charge < -0.3 is 9.84 Å². The van der Waals surface area contributed by atoms with Crippen LogP contribution in [0.15, 0.2) is 48.5 Å². The molecule has 5 heteroatoms. The Morgan fingerprint density at radius 2 is 1.56 bits per heavy atom. The molecule has 0 aliphatic heterocycles. The number of rotatable bonds is 8. The fourth-order valence-electron chi connectivity index (χ4n) is 2.53. The van der Waals surface area contributed by atoms with Gasteiger partial charge in [-0.1, -0.05) is 24.3 Å². The predicted molar refractivity (Wildman–Crippen MR) is 94.4 cm³/mol. The number of nitriles is 2. The number of ether oxygens (including phenoxy) is 1. The summed E-state index contributed by atoms with van der Waals surface area (Å²) in [6.45, 7) is 2.36. The van der Waals surface area contributed by atoms with Gasteiger partial charge in [0.2, 0.25) is 0 Å². The van der Waals surface area contributed by atoms with Crippen LogP contribution in [0.1, 0.15) is 28.4 Å². The van der Waals surface area contributed by atoms with Gasteiger partial charge in [0.1, 0.15) is 0 Å². The number of methoxy groups -OCH3 is 1. The molecule has 0 bridgehead atoms. The van der Waals surface area contributed by atoms with Gasteiger partial charge in [0.05, 0.1) is 36.0 Å². The van der Waals surface area contributed by atoms with Crippen molar-refractivity contribution in [3.63, 3.8) is 0 Å². The lowest BCUT2D eigenvalue weighted by atomic mass is 10.1. The summed E-state index contributed by atoms with van der Waals surface area (Å²) in [7, 11) is 1.65. The van der Waals surface area contributed by atoms with Crippen LogP contribution in [0.5, 0.6) is 0 Å². The highest BCUT2D eigenvalue weighted by atomic mass is 16.5. The van der Waals surface area contributed by atoms with Crippen LogP contribution in [0.2, 0.25) is 0 Å². The van der Waals surface area contributed by atoms with E-state index in [1.807, 2.05) is 12.1 Å². The van der Waals surface area contributed by atoms with E-state index in [1.54, 1.807) is 43.5 Å². The summed E-state index contributed by atoms with van der Waals surface area (Å²) in [4.78, 5) is 2.10. The predicted octanol–water partition coefficient (Wildman–Crippen LogP) is 2.61. The summed E-state index contributed by atoms with van der Waals surface area (Å²) in [5, 5.41) is 28.2. The van der Waals surface area contributed by atoms with E-state index in [4.69, 9.17) is 15.3 Å². The molecule has 0 aliphatic carbocycles. The Morgan fingerprint density at radius 3 is 2.08 bits per heavy atom. The molecule has 0 saturated heterocycles. The van der Waals surface area contributed by atoms with Crippen molar-refractivity contribution in [2.45, 2.75) is 12.6 Å². The minimum absolute atomic E-state index is 0.454. The molecule has 0 aliphatic rings. The van der Waals surface area contributed by atoms with Gasteiger partial charge in [-0.05, 0) is 35.4 Å². The molecule has 2 rings (SSSR count). The average Bonchev–Trinajstić information content (AvgIpc) is 2.66. The van der Waals surface area contributed by atoms with Gasteiger partial charge in [-0.25, -0.2) is 0 Å². The number of hydrogen-bond donors (Lipinski definition) is 1. The van der Waals surface area contributed by atoms with E-state index in [1.165, 1.54) is 0 Å². The summed E-state index contributed by atoms with van der Waals surface area (Å²) in [5.41, 5.74) is 3.05. The third kappa shape index (κ3) is 5.70. The summed E-state index contributed by atoms with van der Waals surface area (Å²) in [6, 6.07) is 18.6. The highest BCUT2D eigenvalue weighted by molar-refractivity contribution is 5.33. The molecule has 0 spiro atoms. The Labute approximate surface area is 148 Å². The first-order valence-corrected chi connectivity index (χ1v) is 8.04. The highest BCUT2D eigenvalue weighted by Crippen LogP contribution is 2.17. The SMILES string of the molecule is COCCN(Cc1ccc(C#N)cc1)CC(O)c1ccc(C#N)cc1. The van der Waals surface area contributed by atoms with Crippen molar-refractivity contribution in [3.05, 3.63) is 70.8 Å². The first-order valence-electron chi connectivity index (χ1n) is 8.04. The van der Waals surface area contributed by atoms with E-state index in [0.29, 0.717) is 37.4 Å². The van der Waals surface area contributed by atoms with E-state index in [-0.39, 0.29) is 0 Å². The maximum Gasteiger partial charge on any atom is 0.0991 e. The summed E-state index contributed by atoms with van der Waals surface area (Å²) in [5.74, 6) is 0. The van der Waals surface area contributed by atoms with Gasteiger partial charge in [-0.3, -0.25) is 4.90 Å². The van der Waals surface area contributed by atoms with Crippen LogP contribution in [-0.2, 0) is 11.3 Å². The number of benzene rings is 2. The van der Waals surface area contributed by atoms with E-state index in [0.717, 1.165) is 11.1 Å². The van der Waals surface area contributed by atoms with Crippen molar-refractivity contribution in [2.75, 3.05) is 26.8 Å². The molecule has 0 fully saturated rings. The molecule has 128 valence electrons. The van der Waals surface area contributed by atoms with Crippen molar-refractivity contribution >= 4 is 0 Å². The maximum absolute atomic E-state index is 10.5. The summed E-state index contributed by atoms with van der Waals surface area (Å²) < 4.78 is 5.16. The van der Waals surface area contributed by atoms with E-state index >= 15 is 0 Å². The standard InChI is InChI=1S/C20H21N3O2/c1-25-11-10-23(14-18-4-2-16(12-21)3-5-18)15-20(24)19-8-6-17(13-22)7-9-19/h2-9,20,24H,10-11,14-15H2,1H3. The minimum Gasteiger partial charge on any atom is -0.387 e. The van der Waals surface area contributed by atoms with E-state index < -0.39 is 6.10 Å². The Kier molecular flexibility index (Phi) is 7.13. The molecule has 0 saturated carbocycles. The zero-order valence-corrected chi connectivity index (χ0v) is 14.2. The second kappa shape index (κ2) is 9.56. The van der Waals surface area contributed by atoms with Crippen LogP contribution in [0.3, 0.4) is 0 Å². The number of nitrogens with zero attached hydrogens (tertiary/aromatic N) is 3. The topological polar surface area (TPSA) is 80.3 Å². The largest absolute Gasteiger partial charge is 0.387 e. The van der Waals surface area contributed by atoms with Crippen LogP contribution in [-0.4, -0.2) is 36.8 Å². The summed E-state index contributed by atoms with van der Waals surface area (Å²) >= 11 is 0. The van der Waals surface area contributed by atoms with Crippen molar-refractivity contribution < 1.29 is 9.84 Å². The average molecular weight is 335 g/mol. The molecular weight excluding hydrogens is 314 g/mol. The zero-order chi connectivity index (χ0) is 18.1. The zero-order valence-electron chi connectivity index (χ0n) is 14.2. The molecule has 2 aromatic carbocycles. The molecule has 25 heavy (non-hydrogen) atoms. The number of aliphatic hydroxyl groups is 1. The second-order valence-electron chi connectivity index (χ2n) is 5.79. The van der Waals surface area contributed by atoms with Crippen molar-refractivity contribution in [3.8, 4) is 12.1 Å². The van der Waals surface area contributed by atoms with Crippen LogP contribution < -0.4 is 0 Å². The van der Waals surface area contributed by atoms with Crippen molar-refractivity contribution in [1.82, 2.24) is 4.90 Å². The third-order valence-corrected chi connectivity index (χ3v) is 3.96. The molecular formula is C20H21N3O2. The monoisotopic (exact) mass is 335 g/mol. The fraction of sp³-hybridized carbons (Fsp3) is 0.300. The van der Waals surface area contributed by atoms with E-state index in [2.05, 4.69) is 17.0 Å². The Balaban J connectivity index is 2.04. The molecule has 1 N–H and O–H groups in total. The molecule has 2 aromatic rings. The number of hydrogen-bond acceptors (Lipinski definition) is 5. The van der Waals surface area contributed by atoms with Crippen LogP contribution in [0.4, 0.5) is 0 Å². The van der Waals surface area contributed by atoms with Gasteiger partial charge in [0.15, 0.2) is 0 Å². The van der Waals surface area contributed by atoms with Crippen LogP contribution in [0.25, 0.3) is 0 Å². The fourth-order valence-corrected chi connectivity index (χ4v) is 2.53. The third-order valence-electron chi connectivity index (χ3n) is 3.96. The van der Waals surface area contributed by atoms with Crippen LogP contribution >= 0.6 is 0 Å². The van der Waals surface area contributed by atoms with Crippen molar-refractivity contribution in [2.24, 2.45) is 0 Å². The van der Waals surface area contributed by atoms with E-state index in [9.17, 15) is 5.11 Å². The van der Waals surface area contributed by atoms with Gasteiger partial charge in [0, 0.05) is 26.7 Å². The second-order valence-corrected chi connectivity index (χ2v) is 5.79. The lowest BCUT2D eigenvalue weighted by Gasteiger charge is -2.25. The Morgan fingerprint density at radius 1 is 1.00 bits per heavy atom. The van der Waals surface area contributed by atoms with Gasteiger partial charge >= 0.3 is 0 Å². The Bertz CT molecular complexity index is 742. The molecule has 0 aromatic heterocycles. The van der Waals surface area contributed by atoms with Gasteiger partial charge in [-0.2, -0.15) is 10.5 Å². The quantitative estimate of drug-likeness (QED) is 0.802. The normalized spacial score (nSPS) is 11.7. The molecule has 0 amide bonds. The first-order chi connectivity index (χ1) is 12.2. The minimum atomic E-state index is -0.650. The summed E-state index contributed by atoms with van der Waals surface area (Å²) in [6.07, 6.45) is -0.650. The molecule has 1 unspecified atom stereocenters. The lowest BCUT2D eigenvalue weighted by molar-refractivity contribution is 0.0849. The molecule has 1 atom stereocenters. The maximum atomic E-state index is 10.5. The van der Waals surface area contributed by atoms with Crippen LogP contribution in [0, 0.1) is 22.7 Å². The molecule has 0 radical (unpaired) electrons. The smallest absolute Gasteiger partial charge is 0.0991 e.